The summed E-state index contributed by atoms with van der Waals surface area (Å²) in [6, 6.07) is 0. The molecule has 0 aliphatic rings. The van der Waals surface area contributed by atoms with Crippen LogP contribution in [-0.2, 0) is 9.53 Å². The molecule has 0 fully saturated rings. The van der Waals surface area contributed by atoms with Crippen LogP contribution in [0.3, 0.4) is 0 Å². The Morgan fingerprint density at radius 1 is 1.14 bits per heavy atom. The fraction of sp³-hybridized carbons (Fsp3) is 0.800. The standard InChI is InChI=1S/C5H3ClF6O2/c6-2(13)1-14-3(4(7,8)9)5(10,11)12/h3H,1H2. The van der Waals surface area contributed by atoms with Crippen molar-refractivity contribution in [2.24, 2.45) is 0 Å². The highest BCUT2D eigenvalue weighted by Crippen LogP contribution is 2.35. The second-order valence-electron chi connectivity index (χ2n) is 2.13. The normalized spacial score (nSPS) is 13.4. The number of halogens is 7. The molecule has 0 bridgehead atoms. The first kappa shape index (κ1) is 13.5. The van der Waals surface area contributed by atoms with Gasteiger partial charge in [-0.2, -0.15) is 26.3 Å². The average Bonchev–Trinajstić information content (AvgIpc) is 1.78. The van der Waals surface area contributed by atoms with Crippen molar-refractivity contribution in [1.29, 1.82) is 0 Å². The van der Waals surface area contributed by atoms with Gasteiger partial charge in [0, 0.05) is 0 Å². The fourth-order valence-corrected chi connectivity index (χ4v) is 0.586. The third-order valence-corrected chi connectivity index (χ3v) is 1.07. The molecule has 0 spiro atoms. The zero-order valence-electron chi connectivity index (χ0n) is 6.25. The Morgan fingerprint density at radius 2 is 1.50 bits per heavy atom. The van der Waals surface area contributed by atoms with Crippen molar-refractivity contribution in [1.82, 2.24) is 0 Å². The molecule has 0 saturated heterocycles. The van der Waals surface area contributed by atoms with Crippen molar-refractivity contribution in [2.45, 2.75) is 18.5 Å². The Balaban J connectivity index is 4.51. The first-order valence-electron chi connectivity index (χ1n) is 2.98. The quantitative estimate of drug-likeness (QED) is 0.562. The molecule has 9 heteroatoms. The molecule has 0 aromatic rings. The molecule has 0 aromatic heterocycles. The highest BCUT2D eigenvalue weighted by Gasteiger charge is 2.58. The lowest BCUT2D eigenvalue weighted by molar-refractivity contribution is -0.319. The molecular weight excluding hydrogens is 241 g/mol. The molecule has 0 aliphatic carbocycles. The van der Waals surface area contributed by atoms with Gasteiger partial charge in [-0.05, 0) is 11.6 Å². The summed E-state index contributed by atoms with van der Waals surface area (Å²) >= 11 is 4.52. The average molecular weight is 245 g/mol. The van der Waals surface area contributed by atoms with Crippen molar-refractivity contribution in [2.75, 3.05) is 6.61 Å². The number of rotatable bonds is 3. The van der Waals surface area contributed by atoms with E-state index in [4.69, 9.17) is 0 Å². The van der Waals surface area contributed by atoms with E-state index in [9.17, 15) is 31.1 Å². The van der Waals surface area contributed by atoms with Gasteiger partial charge in [-0.25, -0.2) is 0 Å². The first-order valence-corrected chi connectivity index (χ1v) is 3.36. The molecule has 0 rings (SSSR count). The molecule has 0 aromatic carbocycles. The zero-order valence-corrected chi connectivity index (χ0v) is 7.00. The minimum absolute atomic E-state index is 1.44. The maximum Gasteiger partial charge on any atom is 0.423 e. The van der Waals surface area contributed by atoms with Crippen molar-refractivity contribution >= 4 is 16.8 Å². The lowest BCUT2D eigenvalue weighted by Crippen LogP contribution is -2.44. The molecule has 0 radical (unpaired) electrons. The number of carbonyl (C=O) groups excluding carboxylic acids is 1. The number of ether oxygens (including phenoxy) is 1. The summed E-state index contributed by atoms with van der Waals surface area (Å²) in [5.74, 6) is 0. The summed E-state index contributed by atoms with van der Waals surface area (Å²) in [6.45, 7) is -1.45. The second kappa shape index (κ2) is 4.35. The van der Waals surface area contributed by atoms with Gasteiger partial charge in [-0.15, -0.1) is 0 Å². The topological polar surface area (TPSA) is 26.3 Å². The monoisotopic (exact) mass is 244 g/mol. The summed E-state index contributed by atoms with van der Waals surface area (Å²) in [6.07, 6.45) is -15.2. The van der Waals surface area contributed by atoms with E-state index in [2.05, 4.69) is 16.3 Å². The van der Waals surface area contributed by atoms with Crippen LogP contribution in [0.1, 0.15) is 0 Å². The SMILES string of the molecule is O=C(Cl)COC(C(F)(F)F)C(F)(F)F. The van der Waals surface area contributed by atoms with Crippen LogP contribution in [0, 0.1) is 0 Å². The molecule has 0 N–H and O–H groups in total. The summed E-state index contributed by atoms with van der Waals surface area (Å²) in [5, 5.41) is -1.44. The lowest BCUT2D eigenvalue weighted by atomic mass is 10.3. The van der Waals surface area contributed by atoms with Crippen LogP contribution >= 0.6 is 11.6 Å². The van der Waals surface area contributed by atoms with Crippen LogP contribution in [0.25, 0.3) is 0 Å². The van der Waals surface area contributed by atoms with Crippen LogP contribution in [-0.4, -0.2) is 30.3 Å². The molecule has 0 amide bonds. The van der Waals surface area contributed by atoms with E-state index in [0.29, 0.717) is 0 Å². The number of alkyl halides is 6. The van der Waals surface area contributed by atoms with Crippen molar-refractivity contribution in [3.05, 3.63) is 0 Å². The Labute approximate surface area is 78.8 Å². The predicted octanol–water partition coefficient (Wildman–Crippen LogP) is 2.26. The van der Waals surface area contributed by atoms with E-state index in [1.54, 1.807) is 0 Å². The molecule has 84 valence electrons. The third-order valence-electron chi connectivity index (χ3n) is 0.958. The van der Waals surface area contributed by atoms with Gasteiger partial charge in [0.1, 0.15) is 6.61 Å². The number of carbonyl (C=O) groups is 1. The van der Waals surface area contributed by atoms with Gasteiger partial charge in [0.15, 0.2) is 0 Å². The van der Waals surface area contributed by atoms with Crippen molar-refractivity contribution < 1.29 is 35.9 Å². The van der Waals surface area contributed by atoms with Crippen molar-refractivity contribution in [3.63, 3.8) is 0 Å². The van der Waals surface area contributed by atoms with Gasteiger partial charge in [0.05, 0.1) is 0 Å². The van der Waals surface area contributed by atoms with Crippen LogP contribution in [0.4, 0.5) is 26.3 Å². The zero-order chi connectivity index (χ0) is 11.6. The smallest absolute Gasteiger partial charge is 0.352 e. The van der Waals surface area contributed by atoms with Gasteiger partial charge in [0.2, 0.25) is 11.3 Å². The summed E-state index contributed by atoms with van der Waals surface area (Å²) < 4.78 is 73.3. The minimum Gasteiger partial charge on any atom is -0.352 e. The summed E-state index contributed by atoms with van der Waals surface area (Å²) in [7, 11) is 0. The number of hydrogen-bond acceptors (Lipinski definition) is 2. The maximum atomic E-state index is 11.7. The predicted molar refractivity (Wildman–Crippen MR) is 32.7 cm³/mol. The highest BCUT2D eigenvalue weighted by molar-refractivity contribution is 6.63. The molecule has 0 aliphatic heterocycles. The number of hydrogen-bond donors (Lipinski definition) is 0. The van der Waals surface area contributed by atoms with Crippen LogP contribution in [0.2, 0.25) is 0 Å². The Kier molecular flexibility index (Phi) is 4.19. The Bertz CT molecular complexity index is 195. The van der Waals surface area contributed by atoms with Gasteiger partial charge >= 0.3 is 12.4 Å². The van der Waals surface area contributed by atoms with E-state index in [0.717, 1.165) is 0 Å². The molecular formula is C5H3ClF6O2. The third kappa shape index (κ3) is 4.66. The van der Waals surface area contributed by atoms with E-state index in [1.165, 1.54) is 0 Å². The largest absolute Gasteiger partial charge is 0.423 e. The summed E-state index contributed by atoms with van der Waals surface area (Å²) in [5.41, 5.74) is 0. The van der Waals surface area contributed by atoms with Gasteiger partial charge in [-0.1, -0.05) is 0 Å². The molecule has 0 unspecified atom stereocenters. The Hall–Kier alpha value is -0.500. The van der Waals surface area contributed by atoms with Gasteiger partial charge in [0.25, 0.3) is 0 Å². The lowest BCUT2D eigenvalue weighted by Gasteiger charge is -2.22. The first-order chi connectivity index (χ1) is 6.05. The minimum atomic E-state index is -5.62. The van der Waals surface area contributed by atoms with Crippen LogP contribution in [0.15, 0.2) is 0 Å². The Morgan fingerprint density at radius 3 is 1.71 bits per heavy atom. The fourth-order valence-electron chi connectivity index (χ4n) is 0.523. The van der Waals surface area contributed by atoms with Crippen LogP contribution < -0.4 is 0 Å². The molecule has 2 nitrogen and oxygen atoms in total. The van der Waals surface area contributed by atoms with Crippen molar-refractivity contribution in [3.8, 4) is 0 Å². The molecule has 14 heavy (non-hydrogen) atoms. The van der Waals surface area contributed by atoms with Gasteiger partial charge in [-0.3, -0.25) is 4.79 Å². The molecule has 0 atom stereocenters. The molecule has 0 heterocycles. The maximum absolute atomic E-state index is 11.7. The van der Waals surface area contributed by atoms with E-state index >= 15 is 0 Å². The van der Waals surface area contributed by atoms with E-state index < -0.39 is 30.3 Å². The highest BCUT2D eigenvalue weighted by atomic mass is 35.5. The van der Waals surface area contributed by atoms with Crippen LogP contribution in [0.5, 0.6) is 0 Å². The van der Waals surface area contributed by atoms with Gasteiger partial charge < -0.3 is 4.74 Å². The summed E-state index contributed by atoms with van der Waals surface area (Å²) in [4.78, 5) is 9.91. The molecule has 0 saturated carbocycles. The second-order valence-corrected chi connectivity index (χ2v) is 2.55. The van der Waals surface area contributed by atoms with E-state index in [1.807, 2.05) is 0 Å². The van der Waals surface area contributed by atoms with E-state index in [-0.39, 0.29) is 0 Å².